The predicted molar refractivity (Wildman–Crippen MR) is 61.9 cm³/mol. The van der Waals surface area contributed by atoms with Crippen molar-refractivity contribution < 1.29 is 22.0 Å². The number of hydrogen-bond donors (Lipinski definition) is 2. The third-order valence-electron chi connectivity index (χ3n) is 2.05. The summed E-state index contributed by atoms with van der Waals surface area (Å²) in [7, 11) is -4.66. The highest BCUT2D eigenvalue weighted by Crippen LogP contribution is 2.21. The second-order valence-electron chi connectivity index (χ2n) is 3.42. The van der Waals surface area contributed by atoms with E-state index in [9.17, 15) is 22.0 Å². The fourth-order valence-corrected chi connectivity index (χ4v) is 1.97. The lowest BCUT2D eigenvalue weighted by Gasteiger charge is -2.07. The predicted octanol–water partition coefficient (Wildman–Crippen LogP) is 0.970. The topological polar surface area (TPSA) is 89.3 Å². The molecule has 0 atom stereocenters. The second kappa shape index (κ2) is 5.87. The van der Waals surface area contributed by atoms with E-state index in [4.69, 9.17) is 5.73 Å². The van der Waals surface area contributed by atoms with Gasteiger partial charge in [-0.1, -0.05) is 6.07 Å². The number of benzene rings is 1. The van der Waals surface area contributed by atoms with Gasteiger partial charge >= 0.3 is 5.76 Å². The van der Waals surface area contributed by atoms with E-state index >= 15 is 0 Å². The van der Waals surface area contributed by atoms with Gasteiger partial charge in [-0.3, -0.25) is 4.79 Å². The van der Waals surface area contributed by atoms with Crippen LogP contribution >= 0.6 is 0 Å². The van der Waals surface area contributed by atoms with Crippen LogP contribution in [0.1, 0.15) is 6.42 Å². The monoisotopic (exact) mass is 278 g/mol. The molecule has 0 bridgehead atoms. The van der Waals surface area contributed by atoms with Crippen LogP contribution in [0.2, 0.25) is 0 Å². The summed E-state index contributed by atoms with van der Waals surface area (Å²) in [6.45, 7) is 0.140. The fourth-order valence-electron chi connectivity index (χ4n) is 1.21. The fraction of sp³-hybridized carbons (Fsp3) is 0.300. The third kappa shape index (κ3) is 3.47. The van der Waals surface area contributed by atoms with E-state index in [0.29, 0.717) is 0 Å². The van der Waals surface area contributed by atoms with Crippen molar-refractivity contribution in [3.63, 3.8) is 0 Å². The minimum absolute atomic E-state index is 0.0613. The number of nitrogens with one attached hydrogen (secondary N) is 1. The summed E-state index contributed by atoms with van der Waals surface area (Å²) in [5, 5.41) is 2.37. The minimum atomic E-state index is -4.66. The lowest BCUT2D eigenvalue weighted by molar-refractivity contribution is -0.116. The number of hydrogen-bond acceptors (Lipinski definition) is 4. The SMILES string of the molecule is NCCC(=O)Nc1cccc(S(=O)(=O)C(F)F)c1. The molecule has 0 spiro atoms. The minimum Gasteiger partial charge on any atom is -0.330 e. The number of carbonyl (C=O) groups excluding carboxylic acids is 1. The Hall–Kier alpha value is -1.54. The van der Waals surface area contributed by atoms with Crippen molar-refractivity contribution in [2.75, 3.05) is 11.9 Å². The molecule has 0 aliphatic carbocycles. The van der Waals surface area contributed by atoms with Gasteiger partial charge < -0.3 is 11.1 Å². The molecule has 0 saturated heterocycles. The van der Waals surface area contributed by atoms with Gasteiger partial charge in [-0.15, -0.1) is 0 Å². The lowest BCUT2D eigenvalue weighted by atomic mass is 10.3. The van der Waals surface area contributed by atoms with Crippen LogP contribution in [-0.2, 0) is 14.6 Å². The lowest BCUT2D eigenvalue weighted by Crippen LogP contribution is -2.17. The zero-order valence-electron chi connectivity index (χ0n) is 9.27. The summed E-state index contributed by atoms with van der Waals surface area (Å²) in [6.07, 6.45) is 0.0613. The molecule has 0 aliphatic heterocycles. The van der Waals surface area contributed by atoms with E-state index in [1.165, 1.54) is 12.1 Å². The Morgan fingerprint density at radius 2 is 2.06 bits per heavy atom. The van der Waals surface area contributed by atoms with Crippen LogP contribution < -0.4 is 11.1 Å². The average molecular weight is 278 g/mol. The van der Waals surface area contributed by atoms with Gasteiger partial charge in [-0.25, -0.2) is 8.42 Å². The first-order chi connectivity index (χ1) is 8.37. The maximum atomic E-state index is 12.3. The molecular formula is C10H12F2N2O3S. The Morgan fingerprint density at radius 1 is 1.39 bits per heavy atom. The highest BCUT2D eigenvalue weighted by atomic mass is 32.2. The molecule has 3 N–H and O–H groups in total. The van der Waals surface area contributed by atoms with Crippen molar-refractivity contribution in [1.82, 2.24) is 0 Å². The molecule has 1 aromatic carbocycles. The van der Waals surface area contributed by atoms with Gasteiger partial charge in [0.25, 0.3) is 0 Å². The maximum Gasteiger partial charge on any atom is 0.341 e. The van der Waals surface area contributed by atoms with Crippen LogP contribution in [0.25, 0.3) is 0 Å². The molecule has 0 aromatic heterocycles. The standard InChI is InChI=1S/C10H12F2N2O3S/c11-10(12)18(16,17)8-3-1-2-7(6-8)14-9(15)4-5-13/h1-3,6,10H,4-5,13H2,(H,14,15). The van der Waals surface area contributed by atoms with Gasteiger partial charge in [0.2, 0.25) is 15.7 Å². The molecule has 0 unspecified atom stereocenters. The van der Waals surface area contributed by atoms with Gasteiger partial charge in [-0.05, 0) is 18.2 Å². The maximum absolute atomic E-state index is 12.3. The second-order valence-corrected chi connectivity index (χ2v) is 5.34. The van der Waals surface area contributed by atoms with Crippen LogP contribution in [-0.4, -0.2) is 26.6 Å². The Kier molecular flexibility index (Phi) is 4.74. The molecule has 100 valence electrons. The Balaban J connectivity index is 2.97. The van der Waals surface area contributed by atoms with Crippen molar-refractivity contribution in [3.05, 3.63) is 24.3 Å². The summed E-state index contributed by atoms with van der Waals surface area (Å²) in [6, 6.07) is 4.70. The van der Waals surface area contributed by atoms with Crippen molar-refractivity contribution >= 4 is 21.4 Å². The molecule has 0 heterocycles. The number of amides is 1. The molecule has 0 saturated carbocycles. The first-order valence-corrected chi connectivity index (χ1v) is 6.54. The zero-order chi connectivity index (χ0) is 13.8. The first kappa shape index (κ1) is 14.5. The van der Waals surface area contributed by atoms with E-state index < -0.39 is 26.4 Å². The number of carbonyl (C=O) groups is 1. The van der Waals surface area contributed by atoms with Crippen molar-refractivity contribution in [2.45, 2.75) is 17.1 Å². The smallest absolute Gasteiger partial charge is 0.330 e. The highest BCUT2D eigenvalue weighted by Gasteiger charge is 2.26. The van der Waals surface area contributed by atoms with Crippen LogP contribution in [0.4, 0.5) is 14.5 Å². The quantitative estimate of drug-likeness (QED) is 0.840. The summed E-state index contributed by atoms with van der Waals surface area (Å²) >= 11 is 0. The summed E-state index contributed by atoms with van der Waals surface area (Å²) < 4.78 is 47.1. The summed E-state index contributed by atoms with van der Waals surface area (Å²) in [5.74, 6) is -3.91. The number of rotatable bonds is 5. The van der Waals surface area contributed by atoms with Gasteiger partial charge in [0, 0.05) is 18.7 Å². The number of alkyl halides is 2. The molecule has 5 nitrogen and oxygen atoms in total. The Bertz CT molecular complexity index is 532. The van der Waals surface area contributed by atoms with Gasteiger partial charge in [-0.2, -0.15) is 8.78 Å². The van der Waals surface area contributed by atoms with E-state index in [1.54, 1.807) is 0 Å². The molecular weight excluding hydrogens is 266 g/mol. The number of halogens is 2. The third-order valence-corrected chi connectivity index (χ3v) is 3.43. The zero-order valence-corrected chi connectivity index (χ0v) is 10.1. The average Bonchev–Trinajstić information content (AvgIpc) is 2.29. The summed E-state index contributed by atoms with van der Waals surface area (Å²) in [5.41, 5.74) is 5.30. The van der Waals surface area contributed by atoms with Gasteiger partial charge in [0.05, 0.1) is 4.90 Å². The van der Waals surface area contributed by atoms with Crippen LogP contribution in [0, 0.1) is 0 Å². The molecule has 0 radical (unpaired) electrons. The van der Waals surface area contributed by atoms with Crippen LogP contribution in [0.15, 0.2) is 29.2 Å². The van der Waals surface area contributed by atoms with E-state index in [2.05, 4.69) is 5.32 Å². The molecule has 8 heteroatoms. The normalized spacial score (nSPS) is 11.6. The molecule has 0 fully saturated rings. The summed E-state index contributed by atoms with van der Waals surface area (Å²) in [4.78, 5) is 10.7. The molecule has 1 rings (SSSR count). The van der Waals surface area contributed by atoms with E-state index in [-0.39, 0.29) is 18.7 Å². The Morgan fingerprint density at radius 3 is 2.61 bits per heavy atom. The van der Waals surface area contributed by atoms with Gasteiger partial charge in [0.1, 0.15) is 0 Å². The van der Waals surface area contributed by atoms with Crippen molar-refractivity contribution in [3.8, 4) is 0 Å². The van der Waals surface area contributed by atoms with Crippen LogP contribution in [0.3, 0.4) is 0 Å². The van der Waals surface area contributed by atoms with E-state index in [0.717, 1.165) is 12.1 Å². The number of anilines is 1. The van der Waals surface area contributed by atoms with Crippen molar-refractivity contribution in [2.24, 2.45) is 5.73 Å². The highest BCUT2D eigenvalue weighted by molar-refractivity contribution is 7.91. The molecule has 18 heavy (non-hydrogen) atoms. The number of sulfone groups is 1. The Labute approximate surface area is 103 Å². The first-order valence-electron chi connectivity index (χ1n) is 5.00. The largest absolute Gasteiger partial charge is 0.341 e. The van der Waals surface area contributed by atoms with Crippen molar-refractivity contribution in [1.29, 1.82) is 0 Å². The van der Waals surface area contributed by atoms with Crippen LogP contribution in [0.5, 0.6) is 0 Å². The molecule has 1 amide bonds. The van der Waals surface area contributed by atoms with Gasteiger partial charge in [0.15, 0.2) is 0 Å². The molecule has 1 aromatic rings. The molecule has 0 aliphatic rings. The van der Waals surface area contributed by atoms with E-state index in [1.807, 2.05) is 0 Å². The number of nitrogens with two attached hydrogens (primary N) is 1.